The van der Waals surface area contributed by atoms with Crippen molar-refractivity contribution >= 4 is 12.1 Å². The molecule has 0 heterocycles. The van der Waals surface area contributed by atoms with E-state index in [1.165, 1.54) is 69.1 Å². The second-order valence-corrected chi connectivity index (χ2v) is 10.6. The van der Waals surface area contributed by atoms with Crippen LogP contribution in [0, 0.1) is 0 Å². The van der Waals surface area contributed by atoms with Crippen molar-refractivity contribution in [2.24, 2.45) is 0 Å². The van der Waals surface area contributed by atoms with Crippen LogP contribution in [0.3, 0.4) is 0 Å². The van der Waals surface area contributed by atoms with Gasteiger partial charge in [-0.15, -0.1) is 0 Å². The summed E-state index contributed by atoms with van der Waals surface area (Å²) in [4.78, 5) is 25.1. The lowest BCUT2D eigenvalue weighted by Crippen LogP contribution is -2.50. The standard InChI is InChI=1S/C17H23NO4.C12H23N/c1-13(16(19)20)18(15-10-6-3-7-11-15)17(21)22-12-14-8-4-2-5-9-14;1-3-7-11(8-4-1)13-12-9-5-2-6-10-12/h2,4-5,8-9,13,15H,3,6-7,10-12H2,1H3,(H,19,20);11-13H,1-10H2/t13-;/m0./s1. The molecule has 6 nitrogen and oxygen atoms in total. The van der Waals surface area contributed by atoms with E-state index in [1.807, 2.05) is 30.3 Å². The van der Waals surface area contributed by atoms with E-state index in [2.05, 4.69) is 5.32 Å². The van der Waals surface area contributed by atoms with Gasteiger partial charge < -0.3 is 15.2 Å². The van der Waals surface area contributed by atoms with Crippen LogP contribution in [-0.4, -0.2) is 46.2 Å². The van der Waals surface area contributed by atoms with E-state index in [0.717, 1.165) is 49.8 Å². The van der Waals surface area contributed by atoms with E-state index in [9.17, 15) is 14.7 Å². The van der Waals surface area contributed by atoms with E-state index in [0.29, 0.717) is 0 Å². The monoisotopic (exact) mass is 486 g/mol. The van der Waals surface area contributed by atoms with Crippen LogP contribution in [0.5, 0.6) is 0 Å². The summed E-state index contributed by atoms with van der Waals surface area (Å²) in [6.07, 6.45) is 18.9. The number of carbonyl (C=O) groups is 2. The third kappa shape index (κ3) is 9.47. The van der Waals surface area contributed by atoms with Gasteiger partial charge in [0, 0.05) is 18.1 Å². The van der Waals surface area contributed by atoms with Crippen LogP contribution in [0.4, 0.5) is 4.79 Å². The van der Waals surface area contributed by atoms with Crippen molar-refractivity contribution in [3.05, 3.63) is 35.9 Å². The second-order valence-electron chi connectivity index (χ2n) is 10.6. The molecular weight excluding hydrogens is 440 g/mol. The first kappa shape index (κ1) is 27.5. The molecule has 0 spiro atoms. The van der Waals surface area contributed by atoms with Crippen LogP contribution >= 0.6 is 0 Å². The Labute approximate surface area is 211 Å². The fourth-order valence-corrected chi connectivity index (χ4v) is 5.77. The molecule has 35 heavy (non-hydrogen) atoms. The first-order valence-corrected chi connectivity index (χ1v) is 14.0. The maximum Gasteiger partial charge on any atom is 0.411 e. The number of aliphatic carboxylic acids is 1. The van der Waals surface area contributed by atoms with E-state index in [-0.39, 0.29) is 12.6 Å². The second kappa shape index (κ2) is 15.1. The molecule has 196 valence electrons. The molecule has 1 aromatic rings. The Morgan fingerprint density at radius 1 is 0.857 bits per heavy atom. The highest BCUT2D eigenvalue weighted by atomic mass is 16.6. The van der Waals surface area contributed by atoms with Gasteiger partial charge in [0.25, 0.3) is 0 Å². The average molecular weight is 487 g/mol. The lowest BCUT2D eigenvalue weighted by Gasteiger charge is -2.36. The number of nitrogens with one attached hydrogen (secondary N) is 1. The highest BCUT2D eigenvalue weighted by molar-refractivity contribution is 5.79. The Morgan fingerprint density at radius 3 is 1.83 bits per heavy atom. The van der Waals surface area contributed by atoms with Crippen LogP contribution in [-0.2, 0) is 16.1 Å². The van der Waals surface area contributed by atoms with Gasteiger partial charge in [-0.05, 0) is 51.0 Å². The number of rotatable bonds is 7. The molecule has 2 N–H and O–H groups in total. The molecule has 0 aromatic heterocycles. The van der Waals surface area contributed by atoms with Gasteiger partial charge in [0.1, 0.15) is 12.6 Å². The zero-order valence-corrected chi connectivity index (χ0v) is 21.6. The highest BCUT2D eigenvalue weighted by Crippen LogP contribution is 2.25. The lowest BCUT2D eigenvalue weighted by atomic mass is 9.91. The van der Waals surface area contributed by atoms with Crippen LogP contribution in [0.15, 0.2) is 30.3 Å². The number of carbonyl (C=O) groups excluding carboxylic acids is 1. The van der Waals surface area contributed by atoms with Crippen molar-refractivity contribution in [2.75, 3.05) is 0 Å². The van der Waals surface area contributed by atoms with Crippen molar-refractivity contribution in [1.82, 2.24) is 10.2 Å². The molecule has 0 aliphatic heterocycles. The molecule has 1 atom stereocenters. The maximum absolute atomic E-state index is 12.4. The summed E-state index contributed by atoms with van der Waals surface area (Å²) in [6.45, 7) is 1.70. The molecule has 3 fully saturated rings. The summed E-state index contributed by atoms with van der Waals surface area (Å²) >= 11 is 0. The van der Waals surface area contributed by atoms with Gasteiger partial charge in [0.15, 0.2) is 0 Å². The molecule has 0 bridgehead atoms. The SMILES string of the molecule is C1CCC(NC2CCCCC2)CC1.C[C@@H](C(=O)O)N(C(=O)OCc1ccccc1)C1CCCCC1. The average Bonchev–Trinajstić information content (AvgIpc) is 2.90. The third-order valence-electron chi connectivity index (χ3n) is 7.84. The zero-order chi connectivity index (χ0) is 24.9. The van der Waals surface area contributed by atoms with Crippen molar-refractivity contribution in [2.45, 2.75) is 134 Å². The molecule has 1 amide bonds. The summed E-state index contributed by atoms with van der Waals surface area (Å²) in [5.74, 6) is -0.998. The van der Waals surface area contributed by atoms with Crippen molar-refractivity contribution in [1.29, 1.82) is 0 Å². The molecule has 3 aliphatic carbocycles. The molecule has 1 aromatic carbocycles. The molecule has 0 unspecified atom stereocenters. The van der Waals surface area contributed by atoms with E-state index in [1.54, 1.807) is 6.92 Å². The van der Waals surface area contributed by atoms with Gasteiger partial charge >= 0.3 is 12.1 Å². The quantitative estimate of drug-likeness (QED) is 0.450. The number of nitrogens with zero attached hydrogens (tertiary/aromatic N) is 1. The Kier molecular flexibility index (Phi) is 11.9. The Balaban J connectivity index is 0.000000223. The van der Waals surface area contributed by atoms with Crippen LogP contribution in [0.2, 0.25) is 0 Å². The number of hydrogen-bond donors (Lipinski definition) is 2. The van der Waals surface area contributed by atoms with Gasteiger partial charge in [-0.1, -0.05) is 88.1 Å². The minimum atomic E-state index is -0.998. The fraction of sp³-hybridized carbons (Fsp3) is 0.724. The van der Waals surface area contributed by atoms with E-state index >= 15 is 0 Å². The van der Waals surface area contributed by atoms with Gasteiger partial charge in [0.05, 0.1) is 0 Å². The van der Waals surface area contributed by atoms with Crippen molar-refractivity contribution in [3.8, 4) is 0 Å². The zero-order valence-electron chi connectivity index (χ0n) is 21.6. The first-order valence-electron chi connectivity index (χ1n) is 14.0. The summed E-state index contributed by atoms with van der Waals surface area (Å²) in [5.41, 5.74) is 0.891. The first-order chi connectivity index (χ1) is 17.0. The molecule has 3 saturated carbocycles. The van der Waals surface area contributed by atoms with Gasteiger partial charge in [-0.2, -0.15) is 0 Å². The summed E-state index contributed by atoms with van der Waals surface area (Å²) < 4.78 is 5.34. The van der Waals surface area contributed by atoms with Crippen molar-refractivity contribution in [3.63, 3.8) is 0 Å². The van der Waals surface area contributed by atoms with Crippen molar-refractivity contribution < 1.29 is 19.4 Å². The largest absolute Gasteiger partial charge is 0.480 e. The molecule has 0 radical (unpaired) electrons. The van der Waals surface area contributed by atoms with Crippen LogP contribution < -0.4 is 5.32 Å². The predicted octanol–water partition coefficient (Wildman–Crippen LogP) is 6.67. The number of carboxylic acid groups (broad SMARTS) is 1. The van der Waals surface area contributed by atoms with E-state index < -0.39 is 18.1 Å². The third-order valence-corrected chi connectivity index (χ3v) is 7.84. The molecule has 0 saturated heterocycles. The van der Waals surface area contributed by atoms with E-state index in [4.69, 9.17) is 4.74 Å². The summed E-state index contributed by atoms with van der Waals surface area (Å²) in [5, 5.41) is 13.1. The number of benzene rings is 1. The Morgan fingerprint density at radius 2 is 1.34 bits per heavy atom. The van der Waals surface area contributed by atoms with Crippen LogP contribution in [0.25, 0.3) is 0 Å². The topological polar surface area (TPSA) is 78.9 Å². The normalized spacial score (nSPS) is 20.8. The minimum Gasteiger partial charge on any atom is -0.480 e. The van der Waals surface area contributed by atoms with Crippen LogP contribution in [0.1, 0.15) is 109 Å². The lowest BCUT2D eigenvalue weighted by molar-refractivity contribution is -0.143. The highest BCUT2D eigenvalue weighted by Gasteiger charge is 2.34. The molecule has 3 aliphatic rings. The minimum absolute atomic E-state index is 0.0388. The predicted molar refractivity (Wildman–Crippen MR) is 139 cm³/mol. The number of carboxylic acids is 1. The van der Waals surface area contributed by atoms with Gasteiger partial charge in [-0.3, -0.25) is 4.90 Å². The van der Waals surface area contributed by atoms with Gasteiger partial charge in [0.2, 0.25) is 0 Å². The fourth-order valence-electron chi connectivity index (χ4n) is 5.77. The Bertz CT molecular complexity index is 722. The summed E-state index contributed by atoms with van der Waals surface area (Å²) in [6, 6.07) is 10.2. The Hall–Kier alpha value is -2.08. The maximum atomic E-state index is 12.4. The van der Waals surface area contributed by atoms with Gasteiger partial charge in [-0.25, -0.2) is 9.59 Å². The summed E-state index contributed by atoms with van der Waals surface area (Å²) in [7, 11) is 0. The molecular formula is C29H46N2O4. The number of amides is 1. The molecule has 6 heteroatoms. The smallest absolute Gasteiger partial charge is 0.411 e. The number of hydrogen-bond acceptors (Lipinski definition) is 4. The number of ether oxygens (including phenoxy) is 1. The molecule has 4 rings (SSSR count).